The van der Waals surface area contributed by atoms with E-state index in [0.29, 0.717) is 21.3 Å². The van der Waals surface area contributed by atoms with Crippen LogP contribution < -0.4 is 0 Å². The normalized spacial score (nSPS) is 11.1. The van der Waals surface area contributed by atoms with Gasteiger partial charge in [0.15, 0.2) is 0 Å². The van der Waals surface area contributed by atoms with Crippen LogP contribution in [0.5, 0.6) is 5.75 Å². The second kappa shape index (κ2) is 5.74. The molecule has 0 aliphatic heterocycles. The molecule has 0 unspecified atom stereocenters. The Bertz CT molecular complexity index is 614. The lowest BCUT2D eigenvalue weighted by atomic mass is 10.2. The van der Waals surface area contributed by atoms with E-state index in [2.05, 4.69) is 20.9 Å². The maximum atomic E-state index is 9.66. The number of phenolic OH excluding ortho intramolecular Hbond substituents is 1. The molecular weight excluding hydrogens is 337 g/mol. The van der Waals surface area contributed by atoms with Crippen LogP contribution in [0.1, 0.15) is 5.56 Å². The molecule has 0 aliphatic rings. The minimum Gasteiger partial charge on any atom is -0.507 e. The van der Waals surface area contributed by atoms with Crippen molar-refractivity contribution in [2.45, 2.75) is 0 Å². The van der Waals surface area contributed by atoms with Gasteiger partial charge in [0.1, 0.15) is 5.75 Å². The van der Waals surface area contributed by atoms with Gasteiger partial charge in [-0.3, -0.25) is 4.99 Å². The van der Waals surface area contributed by atoms with Crippen LogP contribution in [-0.2, 0) is 0 Å². The summed E-state index contributed by atoms with van der Waals surface area (Å²) in [4.78, 5) is 4.22. The molecule has 18 heavy (non-hydrogen) atoms. The van der Waals surface area contributed by atoms with Crippen molar-refractivity contribution in [3.05, 3.63) is 56.5 Å². The smallest absolute Gasteiger partial charge is 0.124 e. The van der Waals surface area contributed by atoms with E-state index in [1.54, 1.807) is 42.6 Å². The van der Waals surface area contributed by atoms with Crippen LogP contribution >= 0.6 is 39.1 Å². The van der Waals surface area contributed by atoms with E-state index < -0.39 is 0 Å². The van der Waals surface area contributed by atoms with Crippen molar-refractivity contribution in [2.75, 3.05) is 0 Å². The zero-order chi connectivity index (χ0) is 13.1. The third-order valence-corrected chi connectivity index (χ3v) is 3.27. The number of phenols is 1. The number of nitrogens with zero attached hydrogens (tertiary/aromatic N) is 1. The van der Waals surface area contributed by atoms with Crippen LogP contribution in [0, 0.1) is 0 Å². The van der Waals surface area contributed by atoms with Crippen molar-refractivity contribution in [3.63, 3.8) is 0 Å². The second-order valence-corrected chi connectivity index (χ2v) is 5.32. The van der Waals surface area contributed by atoms with Crippen LogP contribution in [0.3, 0.4) is 0 Å². The molecule has 0 atom stereocenters. The summed E-state index contributed by atoms with van der Waals surface area (Å²) in [7, 11) is 0. The number of aliphatic imine (C=N–C) groups is 1. The number of rotatable bonds is 2. The zero-order valence-corrected chi connectivity index (χ0v) is 12.2. The largest absolute Gasteiger partial charge is 0.507 e. The van der Waals surface area contributed by atoms with Crippen LogP contribution in [0.4, 0.5) is 5.69 Å². The highest BCUT2D eigenvalue weighted by atomic mass is 79.9. The van der Waals surface area contributed by atoms with Crippen molar-refractivity contribution in [3.8, 4) is 5.75 Å². The van der Waals surface area contributed by atoms with Gasteiger partial charge in [-0.1, -0.05) is 39.1 Å². The molecule has 0 spiro atoms. The molecule has 92 valence electrons. The predicted molar refractivity (Wildman–Crippen MR) is 79.5 cm³/mol. The van der Waals surface area contributed by atoms with Gasteiger partial charge in [0.05, 0.1) is 10.7 Å². The molecule has 2 aromatic rings. The average molecular weight is 345 g/mol. The van der Waals surface area contributed by atoms with Crippen molar-refractivity contribution in [1.82, 2.24) is 0 Å². The first-order valence-corrected chi connectivity index (χ1v) is 6.59. The van der Waals surface area contributed by atoms with Crippen LogP contribution in [0.15, 0.2) is 45.9 Å². The van der Waals surface area contributed by atoms with E-state index >= 15 is 0 Å². The lowest BCUT2D eigenvalue weighted by molar-refractivity contribution is 0.474. The van der Waals surface area contributed by atoms with E-state index in [-0.39, 0.29) is 5.75 Å². The highest BCUT2D eigenvalue weighted by Gasteiger charge is 2.01. The summed E-state index contributed by atoms with van der Waals surface area (Å²) < 4.78 is 0.865. The molecule has 2 rings (SSSR count). The molecule has 0 amide bonds. The second-order valence-electron chi connectivity index (χ2n) is 3.56. The van der Waals surface area contributed by atoms with Crippen molar-refractivity contribution in [1.29, 1.82) is 0 Å². The van der Waals surface area contributed by atoms with Crippen LogP contribution in [0.25, 0.3) is 0 Å². The summed E-state index contributed by atoms with van der Waals surface area (Å²) in [5.74, 6) is 0.159. The van der Waals surface area contributed by atoms with Gasteiger partial charge < -0.3 is 5.11 Å². The Balaban J connectivity index is 2.32. The molecule has 2 nitrogen and oxygen atoms in total. The molecule has 1 N–H and O–H groups in total. The Morgan fingerprint density at radius 3 is 2.61 bits per heavy atom. The number of hydrogen-bond acceptors (Lipinski definition) is 2. The van der Waals surface area contributed by atoms with E-state index in [1.807, 2.05) is 0 Å². The first-order valence-electron chi connectivity index (χ1n) is 5.04. The number of benzene rings is 2. The van der Waals surface area contributed by atoms with Crippen LogP contribution in [-0.4, -0.2) is 11.3 Å². The molecular formula is C13H8BrCl2NO. The number of hydrogen-bond donors (Lipinski definition) is 1. The first-order chi connectivity index (χ1) is 8.56. The minimum atomic E-state index is 0.159. The monoisotopic (exact) mass is 343 g/mol. The third kappa shape index (κ3) is 3.25. The molecule has 0 saturated carbocycles. The standard InChI is InChI=1S/C13H8BrCl2NO/c14-9-1-4-13(18)8(5-9)7-17-12-3-2-10(15)6-11(12)16/h1-7,18H. The molecule has 0 aliphatic carbocycles. The third-order valence-electron chi connectivity index (χ3n) is 2.24. The quantitative estimate of drug-likeness (QED) is 0.745. The summed E-state index contributed by atoms with van der Waals surface area (Å²) in [6.07, 6.45) is 1.55. The number of aromatic hydroxyl groups is 1. The molecule has 0 saturated heterocycles. The predicted octanol–water partition coefficient (Wildman–Crippen LogP) is 5.21. The summed E-state index contributed by atoms with van der Waals surface area (Å²) in [6.45, 7) is 0. The van der Waals surface area contributed by atoms with Gasteiger partial charge in [-0.2, -0.15) is 0 Å². The fraction of sp³-hybridized carbons (Fsp3) is 0. The summed E-state index contributed by atoms with van der Waals surface area (Å²) >= 11 is 15.1. The fourth-order valence-corrected chi connectivity index (χ4v) is 2.19. The van der Waals surface area contributed by atoms with E-state index in [1.165, 1.54) is 0 Å². The van der Waals surface area contributed by atoms with Crippen molar-refractivity contribution >= 4 is 51.0 Å². The Labute approximate surface area is 123 Å². The van der Waals surface area contributed by atoms with E-state index in [0.717, 1.165) is 4.47 Å². The molecule has 0 bridgehead atoms. The van der Waals surface area contributed by atoms with Gasteiger partial charge >= 0.3 is 0 Å². The van der Waals surface area contributed by atoms with Crippen LogP contribution in [0.2, 0.25) is 10.0 Å². The molecule has 0 radical (unpaired) electrons. The van der Waals surface area contributed by atoms with Gasteiger partial charge in [0, 0.05) is 21.3 Å². The molecule has 2 aromatic carbocycles. The molecule has 0 aromatic heterocycles. The highest BCUT2D eigenvalue weighted by molar-refractivity contribution is 9.10. The van der Waals surface area contributed by atoms with Gasteiger partial charge in [-0.05, 0) is 36.4 Å². The van der Waals surface area contributed by atoms with E-state index in [4.69, 9.17) is 23.2 Å². The average Bonchev–Trinajstić information content (AvgIpc) is 2.32. The maximum absolute atomic E-state index is 9.66. The maximum Gasteiger partial charge on any atom is 0.124 e. The Hall–Kier alpha value is -1.03. The first kappa shape index (κ1) is 13.4. The summed E-state index contributed by atoms with van der Waals surface area (Å²) in [6, 6.07) is 10.2. The molecule has 0 fully saturated rings. The highest BCUT2D eigenvalue weighted by Crippen LogP contribution is 2.28. The molecule has 5 heteroatoms. The van der Waals surface area contributed by atoms with Gasteiger partial charge in [0.25, 0.3) is 0 Å². The lowest BCUT2D eigenvalue weighted by Crippen LogP contribution is -1.82. The summed E-state index contributed by atoms with van der Waals surface area (Å²) in [5.41, 5.74) is 1.20. The zero-order valence-electron chi connectivity index (χ0n) is 9.07. The Kier molecular flexibility index (Phi) is 4.27. The van der Waals surface area contributed by atoms with Crippen molar-refractivity contribution in [2.24, 2.45) is 4.99 Å². The lowest BCUT2D eigenvalue weighted by Gasteiger charge is -2.01. The van der Waals surface area contributed by atoms with Crippen molar-refractivity contribution < 1.29 is 5.11 Å². The fourth-order valence-electron chi connectivity index (χ4n) is 1.35. The minimum absolute atomic E-state index is 0.159. The van der Waals surface area contributed by atoms with E-state index in [9.17, 15) is 5.11 Å². The Morgan fingerprint density at radius 2 is 1.89 bits per heavy atom. The number of halogens is 3. The topological polar surface area (TPSA) is 32.6 Å². The SMILES string of the molecule is Oc1ccc(Br)cc1C=Nc1ccc(Cl)cc1Cl. The van der Waals surface area contributed by atoms with Gasteiger partial charge in [0.2, 0.25) is 0 Å². The summed E-state index contributed by atoms with van der Waals surface area (Å²) in [5, 5.41) is 10.7. The van der Waals surface area contributed by atoms with Gasteiger partial charge in [-0.25, -0.2) is 0 Å². The van der Waals surface area contributed by atoms with Gasteiger partial charge in [-0.15, -0.1) is 0 Å². The Morgan fingerprint density at radius 1 is 1.11 bits per heavy atom. The molecule has 0 heterocycles.